The van der Waals surface area contributed by atoms with Gasteiger partial charge in [-0.3, -0.25) is 0 Å². The summed E-state index contributed by atoms with van der Waals surface area (Å²) < 4.78 is 40.3. The van der Waals surface area contributed by atoms with E-state index in [9.17, 15) is 12.8 Å². The Hall–Kier alpha value is -1.14. The summed E-state index contributed by atoms with van der Waals surface area (Å²) in [6.07, 6.45) is 7.29. The number of nitrogens with two attached hydrogens (primary N) is 1. The molecule has 0 spiro atoms. The second kappa shape index (κ2) is 6.54. The van der Waals surface area contributed by atoms with Gasteiger partial charge in [-0.1, -0.05) is 32.1 Å². The molecule has 1 fully saturated rings. The van der Waals surface area contributed by atoms with E-state index in [4.69, 9.17) is 5.73 Å². The fraction of sp³-hybridized carbons (Fsp3) is 0.571. The van der Waals surface area contributed by atoms with Gasteiger partial charge in [-0.2, -0.15) is 0 Å². The molecule has 1 aromatic rings. The van der Waals surface area contributed by atoms with Crippen LogP contribution in [-0.2, 0) is 10.0 Å². The van der Waals surface area contributed by atoms with Crippen LogP contribution in [0.15, 0.2) is 23.1 Å². The van der Waals surface area contributed by atoms with Crippen molar-refractivity contribution < 1.29 is 12.8 Å². The topological polar surface area (TPSA) is 72.2 Å². The number of sulfonamides is 1. The van der Waals surface area contributed by atoms with Crippen LogP contribution in [0.25, 0.3) is 0 Å². The Morgan fingerprint density at radius 2 is 1.70 bits per heavy atom. The molecule has 0 aliphatic heterocycles. The number of hydrogen-bond donors (Lipinski definition) is 2. The highest BCUT2D eigenvalue weighted by atomic mass is 32.2. The molecule has 1 saturated carbocycles. The van der Waals surface area contributed by atoms with Crippen LogP contribution in [0, 0.1) is 5.82 Å². The van der Waals surface area contributed by atoms with E-state index in [2.05, 4.69) is 4.72 Å². The Bertz CT molecular complexity index is 552. The lowest BCUT2D eigenvalue weighted by molar-refractivity contribution is 0.426. The van der Waals surface area contributed by atoms with Gasteiger partial charge < -0.3 is 5.73 Å². The van der Waals surface area contributed by atoms with Gasteiger partial charge in [0.05, 0.1) is 5.69 Å². The quantitative estimate of drug-likeness (QED) is 0.843. The molecule has 1 aliphatic rings. The van der Waals surface area contributed by atoms with E-state index in [1.165, 1.54) is 12.5 Å². The van der Waals surface area contributed by atoms with Crippen LogP contribution in [-0.4, -0.2) is 14.5 Å². The third-order valence-electron chi connectivity index (χ3n) is 3.69. The highest BCUT2D eigenvalue weighted by Gasteiger charge is 2.22. The molecule has 20 heavy (non-hydrogen) atoms. The highest BCUT2D eigenvalue weighted by molar-refractivity contribution is 7.89. The first-order valence-electron chi connectivity index (χ1n) is 7.06. The van der Waals surface area contributed by atoms with Gasteiger partial charge in [-0.25, -0.2) is 17.5 Å². The molecule has 4 nitrogen and oxygen atoms in total. The first-order valence-corrected chi connectivity index (χ1v) is 8.55. The zero-order valence-electron chi connectivity index (χ0n) is 11.4. The number of nitrogens with one attached hydrogen (secondary N) is 1. The number of hydrogen-bond acceptors (Lipinski definition) is 3. The van der Waals surface area contributed by atoms with Gasteiger partial charge >= 0.3 is 0 Å². The summed E-state index contributed by atoms with van der Waals surface area (Å²) in [4.78, 5) is -0.0408. The largest absolute Gasteiger partial charge is 0.398 e. The van der Waals surface area contributed by atoms with Crippen LogP contribution < -0.4 is 10.5 Å². The van der Waals surface area contributed by atoms with Gasteiger partial charge in [0, 0.05) is 6.04 Å². The lowest BCUT2D eigenvalue weighted by atomic mass is 9.97. The van der Waals surface area contributed by atoms with Crippen LogP contribution in [0.4, 0.5) is 10.1 Å². The van der Waals surface area contributed by atoms with Gasteiger partial charge in [-0.05, 0) is 31.0 Å². The van der Waals surface area contributed by atoms with Crippen LogP contribution in [0.3, 0.4) is 0 Å². The summed E-state index contributed by atoms with van der Waals surface area (Å²) in [6, 6.07) is 3.32. The van der Waals surface area contributed by atoms with Gasteiger partial charge in [-0.15, -0.1) is 0 Å². The third kappa shape index (κ3) is 3.93. The lowest BCUT2D eigenvalue weighted by Crippen LogP contribution is -2.35. The second-order valence-electron chi connectivity index (χ2n) is 5.35. The monoisotopic (exact) mass is 300 g/mol. The van der Waals surface area contributed by atoms with Crippen molar-refractivity contribution in [3.8, 4) is 0 Å². The molecule has 6 heteroatoms. The number of rotatable bonds is 3. The van der Waals surface area contributed by atoms with Crippen molar-refractivity contribution in [1.82, 2.24) is 4.72 Å². The number of anilines is 1. The molecule has 1 aromatic carbocycles. The van der Waals surface area contributed by atoms with E-state index in [0.29, 0.717) is 0 Å². The maximum atomic E-state index is 13.0. The van der Waals surface area contributed by atoms with Gasteiger partial charge in [0.1, 0.15) is 10.7 Å². The molecule has 0 unspecified atom stereocenters. The van der Waals surface area contributed by atoms with E-state index < -0.39 is 15.8 Å². The lowest BCUT2D eigenvalue weighted by Gasteiger charge is -2.21. The molecule has 0 radical (unpaired) electrons. The Morgan fingerprint density at radius 3 is 2.30 bits per heavy atom. The van der Waals surface area contributed by atoms with Crippen LogP contribution in [0.5, 0.6) is 0 Å². The molecular formula is C14H21FN2O2S. The van der Waals surface area contributed by atoms with Crippen LogP contribution in [0.1, 0.15) is 44.9 Å². The molecule has 0 amide bonds. The second-order valence-corrected chi connectivity index (χ2v) is 7.03. The molecule has 112 valence electrons. The summed E-state index contributed by atoms with van der Waals surface area (Å²) in [5, 5.41) is 0. The fourth-order valence-electron chi connectivity index (χ4n) is 2.62. The Labute approximate surface area is 119 Å². The average molecular weight is 300 g/mol. The maximum absolute atomic E-state index is 13.0. The van der Waals surface area contributed by atoms with Crippen LogP contribution in [0.2, 0.25) is 0 Å². The molecule has 0 heterocycles. The van der Waals surface area contributed by atoms with Crippen LogP contribution >= 0.6 is 0 Å². The zero-order valence-corrected chi connectivity index (χ0v) is 12.3. The molecular weight excluding hydrogens is 279 g/mol. The van der Waals surface area contributed by atoms with E-state index in [0.717, 1.165) is 50.7 Å². The minimum atomic E-state index is -3.68. The Kier molecular flexibility index (Phi) is 4.99. The normalized spacial score (nSPS) is 18.4. The molecule has 2 rings (SSSR count). The van der Waals surface area contributed by atoms with E-state index >= 15 is 0 Å². The van der Waals surface area contributed by atoms with Crippen molar-refractivity contribution in [2.45, 2.75) is 55.9 Å². The SMILES string of the molecule is Nc1cc(F)ccc1S(=O)(=O)NC1CCCCCCC1. The summed E-state index contributed by atoms with van der Waals surface area (Å²) in [5.41, 5.74) is 5.56. The standard InChI is InChI=1S/C14H21FN2O2S/c15-11-8-9-14(13(16)10-11)20(18,19)17-12-6-4-2-1-3-5-7-12/h8-10,12,17H,1-7,16H2. The van der Waals surface area contributed by atoms with Gasteiger partial charge in [0.25, 0.3) is 0 Å². The molecule has 0 saturated heterocycles. The minimum absolute atomic E-state index is 0.0408. The highest BCUT2D eigenvalue weighted by Crippen LogP contribution is 2.22. The summed E-state index contributed by atoms with van der Waals surface area (Å²) in [7, 11) is -3.68. The molecule has 0 atom stereocenters. The van der Waals surface area contributed by atoms with Gasteiger partial charge in [0.2, 0.25) is 10.0 Å². The summed E-state index contributed by atoms with van der Waals surface area (Å²) in [5.74, 6) is -0.535. The molecule has 3 N–H and O–H groups in total. The van der Waals surface area contributed by atoms with E-state index in [1.54, 1.807) is 0 Å². The van der Waals surface area contributed by atoms with Crippen molar-refractivity contribution in [1.29, 1.82) is 0 Å². The predicted octanol–water partition coefficient (Wildman–Crippen LogP) is 2.80. The predicted molar refractivity (Wildman–Crippen MR) is 77.2 cm³/mol. The Balaban J connectivity index is 2.13. The maximum Gasteiger partial charge on any atom is 0.242 e. The van der Waals surface area contributed by atoms with Crippen molar-refractivity contribution in [2.75, 3.05) is 5.73 Å². The van der Waals surface area contributed by atoms with E-state index in [1.807, 2.05) is 0 Å². The first-order chi connectivity index (χ1) is 9.49. The van der Waals surface area contributed by atoms with Crippen molar-refractivity contribution in [2.24, 2.45) is 0 Å². The zero-order chi connectivity index (χ0) is 14.6. The van der Waals surface area contributed by atoms with Crippen molar-refractivity contribution in [3.63, 3.8) is 0 Å². The molecule has 0 aromatic heterocycles. The third-order valence-corrected chi connectivity index (χ3v) is 5.28. The fourth-order valence-corrected chi connectivity index (χ4v) is 4.04. The number of halogens is 1. The minimum Gasteiger partial charge on any atom is -0.398 e. The molecule has 1 aliphatic carbocycles. The smallest absolute Gasteiger partial charge is 0.242 e. The Morgan fingerprint density at radius 1 is 1.10 bits per heavy atom. The summed E-state index contributed by atoms with van der Waals surface area (Å²) >= 11 is 0. The van der Waals surface area contributed by atoms with Gasteiger partial charge in [0.15, 0.2) is 0 Å². The first kappa shape index (κ1) is 15.3. The average Bonchev–Trinajstić information content (AvgIpc) is 2.31. The molecule has 0 bridgehead atoms. The van der Waals surface area contributed by atoms with Crippen molar-refractivity contribution >= 4 is 15.7 Å². The summed E-state index contributed by atoms with van der Waals surface area (Å²) in [6.45, 7) is 0. The van der Waals surface area contributed by atoms with E-state index in [-0.39, 0.29) is 16.6 Å². The van der Waals surface area contributed by atoms with Crippen molar-refractivity contribution in [3.05, 3.63) is 24.0 Å². The number of nitrogen functional groups attached to an aromatic ring is 1. The number of benzene rings is 1.